The van der Waals surface area contributed by atoms with Gasteiger partial charge in [-0.3, -0.25) is 0 Å². The third-order valence-corrected chi connectivity index (χ3v) is 4.97. The van der Waals surface area contributed by atoms with E-state index in [0.717, 1.165) is 17.1 Å². The van der Waals surface area contributed by atoms with Crippen LogP contribution in [0.4, 0.5) is 0 Å². The second-order valence-corrected chi connectivity index (χ2v) is 6.86. The normalized spacial score (nSPS) is 12.4. The second-order valence-electron chi connectivity index (χ2n) is 5.31. The van der Waals surface area contributed by atoms with E-state index in [1.54, 1.807) is 11.8 Å². The lowest BCUT2D eigenvalue weighted by Crippen LogP contribution is -2.17. The van der Waals surface area contributed by atoms with Gasteiger partial charge >= 0.3 is 0 Å². The van der Waals surface area contributed by atoms with Crippen LogP contribution in [0.3, 0.4) is 0 Å². The Hall–Kier alpha value is -0.960. The number of nitrogens with one attached hydrogen (secondary N) is 1. The minimum absolute atomic E-state index is 0.281. The molecule has 0 aliphatic carbocycles. The first-order valence-corrected chi connectivity index (χ1v) is 8.48. The summed E-state index contributed by atoms with van der Waals surface area (Å²) in [5, 5.41) is 4.23. The van der Waals surface area contributed by atoms with E-state index in [4.69, 9.17) is 11.6 Å². The maximum absolute atomic E-state index is 6.43. The fraction of sp³-hybridized carbons (Fsp3) is 0.333. The third-order valence-electron chi connectivity index (χ3n) is 3.66. The van der Waals surface area contributed by atoms with Gasteiger partial charge in [-0.15, -0.1) is 0 Å². The molecule has 3 heteroatoms. The highest BCUT2D eigenvalue weighted by Crippen LogP contribution is 2.33. The predicted octanol–water partition coefficient (Wildman–Crippen LogP) is 5.78. The van der Waals surface area contributed by atoms with Gasteiger partial charge in [-0.1, -0.05) is 42.4 Å². The van der Waals surface area contributed by atoms with E-state index < -0.39 is 0 Å². The Bertz CT molecular complexity index is 625. The van der Waals surface area contributed by atoms with Crippen molar-refractivity contribution < 1.29 is 0 Å². The standard InChI is InChI=1S/C18H22ClNS/c1-5-20-14(4)17-9-8-16(11-18(17)19)21-15-7-6-12(2)13(3)10-15/h6-11,14,20H,5H2,1-4H3. The summed E-state index contributed by atoms with van der Waals surface area (Å²) in [6, 6.07) is 13.2. The summed E-state index contributed by atoms with van der Waals surface area (Å²) in [6.45, 7) is 9.47. The smallest absolute Gasteiger partial charge is 0.0464 e. The molecule has 1 nitrogen and oxygen atoms in total. The predicted molar refractivity (Wildman–Crippen MR) is 93.6 cm³/mol. The fourth-order valence-electron chi connectivity index (χ4n) is 2.25. The Morgan fingerprint density at radius 1 is 1.05 bits per heavy atom. The van der Waals surface area contributed by atoms with Crippen LogP contribution in [-0.4, -0.2) is 6.54 Å². The molecule has 2 aromatic carbocycles. The van der Waals surface area contributed by atoms with Crippen molar-refractivity contribution in [2.24, 2.45) is 0 Å². The van der Waals surface area contributed by atoms with Crippen molar-refractivity contribution in [2.75, 3.05) is 6.54 Å². The topological polar surface area (TPSA) is 12.0 Å². The maximum atomic E-state index is 6.43. The monoisotopic (exact) mass is 319 g/mol. The number of halogens is 1. The lowest BCUT2D eigenvalue weighted by atomic mass is 10.1. The Kier molecular flexibility index (Phi) is 5.74. The zero-order chi connectivity index (χ0) is 15.4. The zero-order valence-electron chi connectivity index (χ0n) is 13.0. The average Bonchev–Trinajstić information content (AvgIpc) is 2.43. The lowest BCUT2D eigenvalue weighted by molar-refractivity contribution is 0.598. The van der Waals surface area contributed by atoms with Gasteiger partial charge in [0.25, 0.3) is 0 Å². The van der Waals surface area contributed by atoms with Crippen LogP contribution >= 0.6 is 23.4 Å². The molecular weight excluding hydrogens is 298 g/mol. The molecule has 0 aliphatic heterocycles. The first-order chi connectivity index (χ1) is 10.0. The van der Waals surface area contributed by atoms with E-state index in [-0.39, 0.29) is 6.04 Å². The van der Waals surface area contributed by atoms with E-state index in [0.29, 0.717) is 0 Å². The van der Waals surface area contributed by atoms with Crippen molar-refractivity contribution in [1.29, 1.82) is 0 Å². The van der Waals surface area contributed by atoms with E-state index in [1.807, 2.05) is 0 Å². The van der Waals surface area contributed by atoms with Gasteiger partial charge in [-0.25, -0.2) is 0 Å². The number of aryl methyl sites for hydroxylation is 2. The molecule has 1 N–H and O–H groups in total. The van der Waals surface area contributed by atoms with Gasteiger partial charge in [0.2, 0.25) is 0 Å². The van der Waals surface area contributed by atoms with Crippen molar-refractivity contribution in [3.8, 4) is 0 Å². The van der Waals surface area contributed by atoms with Crippen LogP contribution in [-0.2, 0) is 0 Å². The first-order valence-electron chi connectivity index (χ1n) is 7.29. The van der Waals surface area contributed by atoms with E-state index in [2.05, 4.69) is 69.4 Å². The molecule has 2 rings (SSSR count). The summed E-state index contributed by atoms with van der Waals surface area (Å²) >= 11 is 8.18. The molecule has 21 heavy (non-hydrogen) atoms. The highest BCUT2D eigenvalue weighted by Gasteiger charge is 2.09. The number of hydrogen-bond acceptors (Lipinski definition) is 2. The summed E-state index contributed by atoms with van der Waals surface area (Å²) in [5.41, 5.74) is 3.80. The van der Waals surface area contributed by atoms with Crippen molar-refractivity contribution >= 4 is 23.4 Å². The lowest BCUT2D eigenvalue weighted by Gasteiger charge is -2.15. The quantitative estimate of drug-likeness (QED) is 0.749. The van der Waals surface area contributed by atoms with Gasteiger partial charge in [-0.05, 0) is 68.3 Å². The number of benzene rings is 2. The molecule has 0 heterocycles. The molecule has 0 saturated heterocycles. The Balaban J connectivity index is 2.18. The molecule has 0 saturated carbocycles. The summed E-state index contributed by atoms with van der Waals surface area (Å²) < 4.78 is 0. The average molecular weight is 320 g/mol. The van der Waals surface area contributed by atoms with Gasteiger partial charge < -0.3 is 5.32 Å². The van der Waals surface area contributed by atoms with Crippen molar-refractivity contribution in [1.82, 2.24) is 5.32 Å². The molecule has 0 aromatic heterocycles. The summed E-state index contributed by atoms with van der Waals surface area (Å²) in [7, 11) is 0. The molecule has 0 amide bonds. The summed E-state index contributed by atoms with van der Waals surface area (Å²) in [4.78, 5) is 2.43. The van der Waals surface area contributed by atoms with E-state index in [9.17, 15) is 0 Å². The van der Waals surface area contributed by atoms with Crippen molar-refractivity contribution in [3.05, 3.63) is 58.1 Å². The maximum Gasteiger partial charge on any atom is 0.0464 e. The van der Waals surface area contributed by atoms with Crippen molar-refractivity contribution in [2.45, 2.75) is 43.5 Å². The van der Waals surface area contributed by atoms with Gasteiger partial charge in [0, 0.05) is 20.9 Å². The molecular formula is C18H22ClNS. The molecule has 0 spiro atoms. The van der Waals surface area contributed by atoms with E-state index >= 15 is 0 Å². The van der Waals surface area contributed by atoms with Crippen LogP contribution in [0.1, 0.15) is 36.6 Å². The van der Waals surface area contributed by atoms with Crippen LogP contribution < -0.4 is 5.32 Å². The van der Waals surface area contributed by atoms with Crippen LogP contribution in [0.25, 0.3) is 0 Å². The van der Waals surface area contributed by atoms with Crippen LogP contribution in [0, 0.1) is 13.8 Å². The van der Waals surface area contributed by atoms with Crippen LogP contribution in [0.5, 0.6) is 0 Å². The number of rotatable bonds is 5. The minimum Gasteiger partial charge on any atom is -0.310 e. The van der Waals surface area contributed by atoms with Crippen molar-refractivity contribution in [3.63, 3.8) is 0 Å². The molecule has 1 unspecified atom stereocenters. The molecule has 0 fully saturated rings. The summed E-state index contributed by atoms with van der Waals surface area (Å²) in [5.74, 6) is 0. The fourth-order valence-corrected chi connectivity index (χ4v) is 3.62. The largest absolute Gasteiger partial charge is 0.310 e. The highest BCUT2D eigenvalue weighted by molar-refractivity contribution is 7.99. The molecule has 2 aromatic rings. The van der Waals surface area contributed by atoms with Gasteiger partial charge in [0.1, 0.15) is 0 Å². The zero-order valence-corrected chi connectivity index (χ0v) is 14.6. The first kappa shape index (κ1) is 16.4. The van der Waals surface area contributed by atoms with Gasteiger partial charge in [0.05, 0.1) is 0 Å². The molecule has 0 aliphatic rings. The molecule has 112 valence electrons. The van der Waals surface area contributed by atoms with Crippen LogP contribution in [0.2, 0.25) is 5.02 Å². The Morgan fingerprint density at radius 2 is 1.71 bits per heavy atom. The Labute approximate surface area is 137 Å². The molecule has 0 bridgehead atoms. The Morgan fingerprint density at radius 3 is 2.33 bits per heavy atom. The van der Waals surface area contributed by atoms with E-state index in [1.165, 1.54) is 20.9 Å². The summed E-state index contributed by atoms with van der Waals surface area (Å²) in [6.07, 6.45) is 0. The highest BCUT2D eigenvalue weighted by atomic mass is 35.5. The molecule has 0 radical (unpaired) electrons. The number of hydrogen-bond donors (Lipinski definition) is 1. The second kappa shape index (κ2) is 7.35. The minimum atomic E-state index is 0.281. The third kappa shape index (κ3) is 4.26. The van der Waals surface area contributed by atoms with Crippen LogP contribution in [0.15, 0.2) is 46.2 Å². The molecule has 1 atom stereocenters. The van der Waals surface area contributed by atoms with Gasteiger partial charge in [-0.2, -0.15) is 0 Å². The SMILES string of the molecule is CCNC(C)c1ccc(Sc2ccc(C)c(C)c2)cc1Cl. The van der Waals surface area contributed by atoms with Gasteiger partial charge in [0.15, 0.2) is 0 Å².